The van der Waals surface area contributed by atoms with Crippen LogP contribution in [0.2, 0.25) is 0 Å². The number of nitrogens with zero attached hydrogens (tertiary/aromatic N) is 2. The van der Waals surface area contributed by atoms with Gasteiger partial charge in [-0.2, -0.15) is 0 Å². The average molecular weight is 299 g/mol. The average Bonchev–Trinajstić information content (AvgIpc) is 2.90. The molecular weight excluding hydrogens is 286 g/mol. The number of amides is 1. The maximum absolute atomic E-state index is 12.1. The number of rotatable bonds is 4. The van der Waals surface area contributed by atoms with Crippen LogP contribution in [0.15, 0.2) is 58.4 Å². The first-order chi connectivity index (χ1) is 10.2. The van der Waals surface area contributed by atoms with Crippen molar-refractivity contribution in [1.82, 2.24) is 9.97 Å². The first-order valence-corrected chi connectivity index (χ1v) is 7.33. The Labute approximate surface area is 125 Å². The second-order valence-electron chi connectivity index (χ2n) is 4.43. The van der Waals surface area contributed by atoms with E-state index in [2.05, 4.69) is 15.3 Å². The number of oxazole rings is 1. The SMILES string of the molecule is CC(Sc1nc2ccccc2o1)C(=O)Nc1ccncc1. The summed E-state index contributed by atoms with van der Waals surface area (Å²) < 4.78 is 5.60. The third-order valence-electron chi connectivity index (χ3n) is 2.87. The molecule has 1 unspecified atom stereocenters. The van der Waals surface area contributed by atoms with Crippen LogP contribution in [0.4, 0.5) is 5.69 Å². The van der Waals surface area contributed by atoms with Crippen LogP contribution < -0.4 is 5.32 Å². The maximum atomic E-state index is 12.1. The molecule has 2 heterocycles. The van der Waals surface area contributed by atoms with Gasteiger partial charge in [0, 0.05) is 18.1 Å². The highest BCUT2D eigenvalue weighted by molar-refractivity contribution is 8.00. The van der Waals surface area contributed by atoms with Crippen LogP contribution >= 0.6 is 11.8 Å². The van der Waals surface area contributed by atoms with Gasteiger partial charge >= 0.3 is 0 Å². The summed E-state index contributed by atoms with van der Waals surface area (Å²) in [5.41, 5.74) is 2.24. The Morgan fingerprint density at radius 3 is 2.76 bits per heavy atom. The van der Waals surface area contributed by atoms with Crippen LogP contribution in [-0.4, -0.2) is 21.1 Å². The maximum Gasteiger partial charge on any atom is 0.257 e. The lowest BCUT2D eigenvalue weighted by Gasteiger charge is -2.09. The van der Waals surface area contributed by atoms with Crippen molar-refractivity contribution in [2.24, 2.45) is 0 Å². The summed E-state index contributed by atoms with van der Waals surface area (Å²) in [5, 5.41) is 3.01. The lowest BCUT2D eigenvalue weighted by molar-refractivity contribution is -0.115. The number of anilines is 1. The third-order valence-corrected chi connectivity index (χ3v) is 3.81. The molecule has 21 heavy (non-hydrogen) atoms. The first kappa shape index (κ1) is 13.6. The highest BCUT2D eigenvalue weighted by atomic mass is 32.2. The molecule has 1 amide bonds. The fourth-order valence-electron chi connectivity index (χ4n) is 1.79. The Hall–Kier alpha value is -2.34. The molecule has 5 nitrogen and oxygen atoms in total. The molecule has 1 N–H and O–H groups in total. The van der Waals surface area contributed by atoms with Crippen LogP contribution in [0.25, 0.3) is 11.1 Å². The van der Waals surface area contributed by atoms with Gasteiger partial charge in [-0.3, -0.25) is 9.78 Å². The summed E-state index contributed by atoms with van der Waals surface area (Å²) in [4.78, 5) is 20.4. The van der Waals surface area contributed by atoms with E-state index in [1.807, 2.05) is 31.2 Å². The first-order valence-electron chi connectivity index (χ1n) is 6.45. The van der Waals surface area contributed by atoms with Crippen LogP contribution in [0.3, 0.4) is 0 Å². The molecule has 3 aromatic rings. The zero-order valence-corrected chi connectivity index (χ0v) is 12.1. The lowest BCUT2D eigenvalue weighted by Crippen LogP contribution is -2.22. The fourth-order valence-corrected chi connectivity index (χ4v) is 2.54. The molecular formula is C15H13N3O2S. The van der Waals surface area contributed by atoms with E-state index in [1.54, 1.807) is 24.5 Å². The topological polar surface area (TPSA) is 68.0 Å². The number of carbonyl (C=O) groups is 1. The van der Waals surface area contributed by atoms with E-state index in [1.165, 1.54) is 11.8 Å². The number of benzene rings is 1. The standard InChI is InChI=1S/C15H13N3O2S/c1-10(14(19)17-11-6-8-16-9-7-11)21-15-18-12-4-2-3-5-13(12)20-15/h2-10H,1H3,(H,16,17,19). The summed E-state index contributed by atoms with van der Waals surface area (Å²) >= 11 is 1.29. The van der Waals surface area contributed by atoms with Gasteiger partial charge in [0.05, 0.1) is 5.25 Å². The molecule has 0 aliphatic carbocycles. The van der Waals surface area contributed by atoms with Gasteiger partial charge in [-0.05, 0) is 31.2 Å². The number of para-hydroxylation sites is 2. The van der Waals surface area contributed by atoms with Crippen molar-refractivity contribution in [2.45, 2.75) is 17.4 Å². The van der Waals surface area contributed by atoms with Crippen molar-refractivity contribution < 1.29 is 9.21 Å². The van der Waals surface area contributed by atoms with Gasteiger partial charge in [-0.25, -0.2) is 4.98 Å². The molecule has 2 aromatic heterocycles. The summed E-state index contributed by atoms with van der Waals surface area (Å²) in [5.74, 6) is -0.103. The molecule has 0 saturated heterocycles. The van der Waals surface area contributed by atoms with Crippen LogP contribution in [0, 0.1) is 0 Å². The van der Waals surface area contributed by atoms with Gasteiger partial charge in [0.25, 0.3) is 5.22 Å². The lowest BCUT2D eigenvalue weighted by atomic mass is 10.3. The summed E-state index contributed by atoms with van der Waals surface area (Å²) in [6.07, 6.45) is 3.27. The number of carbonyl (C=O) groups excluding carboxylic acids is 1. The minimum atomic E-state index is -0.314. The fraction of sp³-hybridized carbons (Fsp3) is 0.133. The van der Waals surface area contributed by atoms with Gasteiger partial charge in [0.1, 0.15) is 5.52 Å². The zero-order valence-electron chi connectivity index (χ0n) is 11.3. The van der Waals surface area contributed by atoms with E-state index in [9.17, 15) is 4.79 Å². The highest BCUT2D eigenvalue weighted by Gasteiger charge is 2.18. The summed E-state index contributed by atoms with van der Waals surface area (Å²) in [7, 11) is 0. The number of nitrogens with one attached hydrogen (secondary N) is 1. The normalized spacial score (nSPS) is 12.2. The second-order valence-corrected chi connectivity index (χ2v) is 5.72. The molecule has 3 rings (SSSR count). The number of aromatic nitrogens is 2. The van der Waals surface area contributed by atoms with Crippen molar-refractivity contribution >= 4 is 34.5 Å². The summed E-state index contributed by atoms with van der Waals surface area (Å²) in [6, 6.07) is 11.0. The minimum absolute atomic E-state index is 0.103. The van der Waals surface area contributed by atoms with Gasteiger partial charge in [-0.15, -0.1) is 0 Å². The van der Waals surface area contributed by atoms with Gasteiger partial charge in [0.15, 0.2) is 5.58 Å². The molecule has 0 bridgehead atoms. The van der Waals surface area contributed by atoms with Crippen molar-refractivity contribution in [2.75, 3.05) is 5.32 Å². The molecule has 0 radical (unpaired) electrons. The molecule has 6 heteroatoms. The van der Waals surface area contributed by atoms with E-state index in [4.69, 9.17) is 4.42 Å². The molecule has 0 spiro atoms. The Bertz CT molecular complexity index is 725. The van der Waals surface area contributed by atoms with Crippen LogP contribution in [0.5, 0.6) is 0 Å². The molecule has 106 valence electrons. The highest BCUT2D eigenvalue weighted by Crippen LogP contribution is 2.27. The molecule has 0 fully saturated rings. The largest absolute Gasteiger partial charge is 0.431 e. The van der Waals surface area contributed by atoms with Crippen molar-refractivity contribution in [3.8, 4) is 0 Å². The quantitative estimate of drug-likeness (QED) is 0.748. The molecule has 0 aliphatic rings. The minimum Gasteiger partial charge on any atom is -0.431 e. The molecule has 0 saturated carbocycles. The Balaban J connectivity index is 1.67. The number of hydrogen-bond donors (Lipinski definition) is 1. The van der Waals surface area contributed by atoms with Crippen LogP contribution in [0.1, 0.15) is 6.92 Å². The van der Waals surface area contributed by atoms with E-state index >= 15 is 0 Å². The van der Waals surface area contributed by atoms with E-state index in [0.717, 1.165) is 16.8 Å². The number of thioether (sulfide) groups is 1. The van der Waals surface area contributed by atoms with E-state index in [0.29, 0.717) is 5.22 Å². The van der Waals surface area contributed by atoms with E-state index in [-0.39, 0.29) is 11.2 Å². The second kappa shape index (κ2) is 5.97. The number of fused-ring (bicyclic) bond motifs is 1. The van der Waals surface area contributed by atoms with Crippen LogP contribution in [-0.2, 0) is 4.79 Å². The monoisotopic (exact) mass is 299 g/mol. The van der Waals surface area contributed by atoms with Crippen molar-refractivity contribution in [3.63, 3.8) is 0 Å². The molecule has 1 atom stereocenters. The number of pyridine rings is 1. The Morgan fingerprint density at radius 2 is 2.00 bits per heavy atom. The molecule has 0 aliphatic heterocycles. The molecule has 1 aromatic carbocycles. The summed E-state index contributed by atoms with van der Waals surface area (Å²) in [6.45, 7) is 1.82. The predicted molar refractivity (Wildman–Crippen MR) is 82.2 cm³/mol. The predicted octanol–water partition coefficient (Wildman–Crippen LogP) is 3.34. The third kappa shape index (κ3) is 3.22. The van der Waals surface area contributed by atoms with Gasteiger partial charge in [0.2, 0.25) is 5.91 Å². The van der Waals surface area contributed by atoms with Gasteiger partial charge < -0.3 is 9.73 Å². The van der Waals surface area contributed by atoms with Gasteiger partial charge in [-0.1, -0.05) is 23.9 Å². The van der Waals surface area contributed by atoms with Crippen molar-refractivity contribution in [3.05, 3.63) is 48.8 Å². The smallest absolute Gasteiger partial charge is 0.257 e. The Kier molecular flexibility index (Phi) is 3.87. The zero-order chi connectivity index (χ0) is 14.7. The number of hydrogen-bond acceptors (Lipinski definition) is 5. The Morgan fingerprint density at radius 1 is 1.24 bits per heavy atom. The van der Waals surface area contributed by atoms with Crippen molar-refractivity contribution in [1.29, 1.82) is 0 Å². The van der Waals surface area contributed by atoms with E-state index < -0.39 is 0 Å².